The van der Waals surface area contributed by atoms with Crippen LogP contribution in [0.1, 0.15) is 0 Å². The maximum atomic E-state index is 13.8. The molecule has 0 fully saturated rings. The Bertz CT molecular complexity index is 607. The fourth-order valence-electron chi connectivity index (χ4n) is 1.69. The number of rotatable bonds is 5. The summed E-state index contributed by atoms with van der Waals surface area (Å²) < 4.78 is 24.1. The first-order chi connectivity index (χ1) is 9.69. The molecule has 106 valence electrons. The van der Waals surface area contributed by atoms with Gasteiger partial charge in [-0.05, 0) is 12.1 Å². The van der Waals surface area contributed by atoms with E-state index in [1.807, 2.05) is 0 Å². The first-order valence-electron chi connectivity index (χ1n) is 5.87. The van der Waals surface area contributed by atoms with Gasteiger partial charge in [-0.3, -0.25) is 0 Å². The Morgan fingerprint density at radius 2 is 1.85 bits per heavy atom. The van der Waals surface area contributed by atoms with Crippen molar-refractivity contribution in [3.8, 4) is 11.5 Å². The largest absolute Gasteiger partial charge is 0.497 e. The molecule has 2 rings (SSSR count). The number of methoxy groups -OCH3 is 2. The second-order valence-electron chi connectivity index (χ2n) is 3.82. The van der Waals surface area contributed by atoms with Crippen molar-refractivity contribution in [2.75, 3.05) is 31.9 Å². The molecule has 0 spiro atoms. The molecule has 1 aromatic heterocycles. The number of benzene rings is 1. The van der Waals surface area contributed by atoms with Gasteiger partial charge in [0.2, 0.25) is 5.75 Å². The van der Waals surface area contributed by atoms with Crippen LogP contribution in [0.5, 0.6) is 11.5 Å². The van der Waals surface area contributed by atoms with Crippen molar-refractivity contribution in [2.45, 2.75) is 0 Å². The van der Waals surface area contributed by atoms with E-state index in [1.54, 1.807) is 7.05 Å². The standard InChI is InChI=1S/C13H15FN4O2/c1-15-12-11(20-3)13(17-7-16-12)18-10-6-8(19-2)4-5-9(10)14/h4-7H,1-3H3,(H2,15,16,17,18). The summed E-state index contributed by atoms with van der Waals surface area (Å²) >= 11 is 0. The van der Waals surface area contributed by atoms with E-state index in [0.29, 0.717) is 23.1 Å². The molecule has 2 aromatic rings. The molecule has 2 N–H and O–H groups in total. The Kier molecular flexibility index (Phi) is 4.19. The van der Waals surface area contributed by atoms with Crippen molar-refractivity contribution in [3.05, 3.63) is 30.3 Å². The summed E-state index contributed by atoms with van der Waals surface area (Å²) in [4.78, 5) is 8.08. The van der Waals surface area contributed by atoms with Crippen molar-refractivity contribution in [1.82, 2.24) is 9.97 Å². The zero-order valence-corrected chi connectivity index (χ0v) is 11.4. The van der Waals surface area contributed by atoms with Gasteiger partial charge < -0.3 is 20.1 Å². The van der Waals surface area contributed by atoms with Gasteiger partial charge in [-0.15, -0.1) is 0 Å². The molecular formula is C13H15FN4O2. The van der Waals surface area contributed by atoms with Crippen molar-refractivity contribution in [2.24, 2.45) is 0 Å². The van der Waals surface area contributed by atoms with Crippen LogP contribution in [0.15, 0.2) is 24.5 Å². The highest BCUT2D eigenvalue weighted by molar-refractivity contribution is 5.70. The number of nitrogens with zero attached hydrogens (tertiary/aromatic N) is 2. The molecule has 0 saturated carbocycles. The number of hydrogen-bond donors (Lipinski definition) is 2. The lowest BCUT2D eigenvalue weighted by Gasteiger charge is -2.13. The van der Waals surface area contributed by atoms with Crippen LogP contribution in [-0.4, -0.2) is 31.2 Å². The molecule has 0 radical (unpaired) electrons. The fraction of sp³-hybridized carbons (Fsp3) is 0.231. The summed E-state index contributed by atoms with van der Waals surface area (Å²) in [5.74, 6) is 1.39. The monoisotopic (exact) mass is 278 g/mol. The fourth-order valence-corrected chi connectivity index (χ4v) is 1.69. The molecule has 7 heteroatoms. The van der Waals surface area contributed by atoms with Gasteiger partial charge in [-0.25, -0.2) is 14.4 Å². The van der Waals surface area contributed by atoms with E-state index < -0.39 is 5.82 Å². The topological polar surface area (TPSA) is 68.3 Å². The SMILES string of the molecule is CNc1ncnc(Nc2cc(OC)ccc2F)c1OC. The third-order valence-electron chi connectivity index (χ3n) is 2.67. The van der Waals surface area contributed by atoms with Crippen LogP contribution in [0.2, 0.25) is 0 Å². The maximum absolute atomic E-state index is 13.8. The smallest absolute Gasteiger partial charge is 0.204 e. The van der Waals surface area contributed by atoms with Gasteiger partial charge in [0.1, 0.15) is 17.9 Å². The summed E-state index contributed by atoms with van der Waals surface area (Å²) in [5, 5.41) is 5.75. The Hall–Kier alpha value is -2.57. The van der Waals surface area contributed by atoms with Gasteiger partial charge in [0.25, 0.3) is 0 Å². The van der Waals surface area contributed by atoms with E-state index in [1.165, 1.54) is 38.7 Å². The average Bonchev–Trinajstić information content (AvgIpc) is 2.49. The van der Waals surface area contributed by atoms with Crippen LogP contribution in [0, 0.1) is 5.82 Å². The molecular weight excluding hydrogens is 263 g/mol. The third-order valence-corrected chi connectivity index (χ3v) is 2.67. The van der Waals surface area contributed by atoms with E-state index >= 15 is 0 Å². The van der Waals surface area contributed by atoms with Crippen molar-refractivity contribution in [3.63, 3.8) is 0 Å². The molecule has 0 unspecified atom stereocenters. The predicted octanol–water partition coefficient (Wildman–Crippen LogP) is 2.42. The van der Waals surface area contributed by atoms with Crippen molar-refractivity contribution < 1.29 is 13.9 Å². The van der Waals surface area contributed by atoms with Crippen LogP contribution in [0.25, 0.3) is 0 Å². The number of halogens is 1. The number of anilines is 3. The van der Waals surface area contributed by atoms with E-state index in [-0.39, 0.29) is 5.69 Å². The van der Waals surface area contributed by atoms with Crippen LogP contribution in [0.3, 0.4) is 0 Å². The average molecular weight is 278 g/mol. The zero-order valence-electron chi connectivity index (χ0n) is 11.4. The normalized spacial score (nSPS) is 10.0. The molecule has 0 amide bonds. The number of ether oxygens (including phenoxy) is 2. The predicted molar refractivity (Wildman–Crippen MR) is 74.4 cm³/mol. The zero-order chi connectivity index (χ0) is 14.5. The summed E-state index contributed by atoms with van der Waals surface area (Å²) in [6.45, 7) is 0. The van der Waals surface area contributed by atoms with Gasteiger partial charge >= 0.3 is 0 Å². The molecule has 0 bridgehead atoms. The minimum Gasteiger partial charge on any atom is -0.497 e. The minimum absolute atomic E-state index is 0.239. The molecule has 0 aliphatic carbocycles. The van der Waals surface area contributed by atoms with Crippen LogP contribution >= 0.6 is 0 Å². The highest BCUT2D eigenvalue weighted by atomic mass is 19.1. The molecule has 0 aliphatic heterocycles. The molecule has 20 heavy (non-hydrogen) atoms. The summed E-state index contributed by atoms with van der Waals surface area (Å²) in [5.41, 5.74) is 0.239. The molecule has 1 heterocycles. The second-order valence-corrected chi connectivity index (χ2v) is 3.82. The van der Waals surface area contributed by atoms with Crippen LogP contribution in [0.4, 0.5) is 21.7 Å². The van der Waals surface area contributed by atoms with Gasteiger partial charge in [0.05, 0.1) is 19.9 Å². The summed E-state index contributed by atoms with van der Waals surface area (Å²) in [6, 6.07) is 4.39. The molecule has 0 atom stereocenters. The van der Waals surface area contributed by atoms with E-state index in [4.69, 9.17) is 9.47 Å². The number of aromatic nitrogens is 2. The summed E-state index contributed by atoms with van der Waals surface area (Å²) in [7, 11) is 4.72. The Balaban J connectivity index is 2.39. The minimum atomic E-state index is -0.419. The lowest BCUT2D eigenvalue weighted by Crippen LogP contribution is -2.04. The van der Waals surface area contributed by atoms with E-state index in [0.717, 1.165) is 0 Å². The van der Waals surface area contributed by atoms with Gasteiger partial charge in [0, 0.05) is 13.1 Å². The first kappa shape index (κ1) is 13.9. The van der Waals surface area contributed by atoms with E-state index in [2.05, 4.69) is 20.6 Å². The van der Waals surface area contributed by atoms with E-state index in [9.17, 15) is 4.39 Å². The Morgan fingerprint density at radius 1 is 1.10 bits per heavy atom. The van der Waals surface area contributed by atoms with Gasteiger partial charge in [-0.1, -0.05) is 0 Å². The lowest BCUT2D eigenvalue weighted by atomic mass is 10.3. The molecule has 0 aliphatic rings. The van der Waals surface area contributed by atoms with Crippen molar-refractivity contribution >= 4 is 17.3 Å². The third kappa shape index (κ3) is 2.71. The highest BCUT2D eigenvalue weighted by Gasteiger charge is 2.13. The summed E-state index contributed by atoms with van der Waals surface area (Å²) in [6.07, 6.45) is 1.36. The van der Waals surface area contributed by atoms with Crippen LogP contribution in [-0.2, 0) is 0 Å². The quantitative estimate of drug-likeness (QED) is 0.875. The molecule has 6 nitrogen and oxygen atoms in total. The highest BCUT2D eigenvalue weighted by Crippen LogP contribution is 2.32. The number of nitrogens with one attached hydrogen (secondary N) is 2. The van der Waals surface area contributed by atoms with Gasteiger partial charge in [0.15, 0.2) is 11.6 Å². The maximum Gasteiger partial charge on any atom is 0.204 e. The van der Waals surface area contributed by atoms with Crippen molar-refractivity contribution in [1.29, 1.82) is 0 Å². The Labute approximate surface area is 116 Å². The first-order valence-corrected chi connectivity index (χ1v) is 5.87. The second kappa shape index (κ2) is 6.05. The van der Waals surface area contributed by atoms with Crippen LogP contribution < -0.4 is 20.1 Å². The molecule has 0 saturated heterocycles. The lowest BCUT2D eigenvalue weighted by molar-refractivity contribution is 0.413. The number of hydrogen-bond acceptors (Lipinski definition) is 6. The Morgan fingerprint density at radius 3 is 2.50 bits per heavy atom. The van der Waals surface area contributed by atoms with Gasteiger partial charge in [-0.2, -0.15) is 0 Å². The molecule has 1 aromatic carbocycles.